The van der Waals surface area contributed by atoms with Gasteiger partial charge in [-0.15, -0.1) is 0 Å². The molecule has 0 radical (unpaired) electrons. The van der Waals surface area contributed by atoms with Crippen molar-refractivity contribution in [2.75, 3.05) is 7.05 Å². The topological polar surface area (TPSA) is 122 Å². The molecule has 0 bridgehead atoms. The first-order valence-electron chi connectivity index (χ1n) is 15.3. The lowest BCUT2D eigenvalue weighted by Crippen LogP contribution is -2.63. The van der Waals surface area contributed by atoms with Gasteiger partial charge in [-0.3, -0.25) is 20.0 Å². The standard InChI is InChI=1S/C34H36F3N3O8S/c1-33(2,3)48-32(41)39(4)31-38-25-26(44-19-21-11-7-5-8-12-21)27(45-20-22-13-9-6-10-14-22)28(47-30(25)49-31)29(34(35,36)37)46-24-17-15-23(16-18-24)40(42)43/h5-18,25-30H,19-20H2,1-4H3/t25-,26-,27+,28+,29+,30-/m1/s1. The number of hydrogen-bond acceptors (Lipinski definition) is 10. The highest BCUT2D eigenvalue weighted by molar-refractivity contribution is 8.14. The van der Waals surface area contributed by atoms with Gasteiger partial charge in [0.05, 0.1) is 18.1 Å². The van der Waals surface area contributed by atoms with Crippen molar-refractivity contribution in [2.24, 2.45) is 4.99 Å². The number of rotatable bonds is 10. The predicted octanol–water partition coefficient (Wildman–Crippen LogP) is 7.14. The van der Waals surface area contributed by atoms with E-state index >= 15 is 13.2 Å². The van der Waals surface area contributed by atoms with Crippen LogP contribution in [0.1, 0.15) is 31.9 Å². The summed E-state index contributed by atoms with van der Waals surface area (Å²) < 4.78 is 74.9. The zero-order chi connectivity index (χ0) is 35.3. The van der Waals surface area contributed by atoms with Gasteiger partial charge in [0.15, 0.2) is 5.17 Å². The quantitative estimate of drug-likeness (QED) is 0.160. The van der Waals surface area contributed by atoms with E-state index in [9.17, 15) is 14.9 Å². The summed E-state index contributed by atoms with van der Waals surface area (Å²) in [5.74, 6) is -0.261. The van der Waals surface area contributed by atoms with E-state index in [2.05, 4.69) is 0 Å². The minimum Gasteiger partial charge on any atom is -0.478 e. The molecule has 0 saturated carbocycles. The van der Waals surface area contributed by atoms with Crippen LogP contribution in [0.4, 0.5) is 23.7 Å². The maximum atomic E-state index is 15.0. The summed E-state index contributed by atoms with van der Waals surface area (Å²) in [5.41, 5.74) is -0.699. The fourth-order valence-corrected chi connectivity index (χ4v) is 6.35. The summed E-state index contributed by atoms with van der Waals surface area (Å²) in [5, 5.41) is 11.3. The maximum absolute atomic E-state index is 15.0. The number of nitro groups is 1. The summed E-state index contributed by atoms with van der Waals surface area (Å²) in [4.78, 5) is 29.3. The van der Waals surface area contributed by atoms with Gasteiger partial charge in [-0.2, -0.15) is 13.2 Å². The van der Waals surface area contributed by atoms with Crippen molar-refractivity contribution in [3.05, 3.63) is 106 Å². The molecular formula is C34H36F3N3O8S. The average molecular weight is 704 g/mol. The van der Waals surface area contributed by atoms with Gasteiger partial charge in [0.25, 0.3) is 5.69 Å². The number of ether oxygens (including phenoxy) is 5. The van der Waals surface area contributed by atoms with Crippen LogP contribution < -0.4 is 4.74 Å². The van der Waals surface area contributed by atoms with Gasteiger partial charge >= 0.3 is 12.3 Å². The van der Waals surface area contributed by atoms with E-state index in [-0.39, 0.29) is 29.8 Å². The number of halogens is 3. The third kappa shape index (κ3) is 9.29. The molecule has 5 rings (SSSR count). The second kappa shape index (κ2) is 15.2. The molecule has 49 heavy (non-hydrogen) atoms. The Bertz CT molecular complexity index is 1610. The van der Waals surface area contributed by atoms with E-state index in [0.29, 0.717) is 5.56 Å². The summed E-state index contributed by atoms with van der Waals surface area (Å²) >= 11 is 0.962. The van der Waals surface area contributed by atoms with Crippen LogP contribution in [0, 0.1) is 10.1 Å². The summed E-state index contributed by atoms with van der Waals surface area (Å²) in [6, 6.07) is 21.4. The van der Waals surface area contributed by atoms with Crippen LogP contribution in [0.25, 0.3) is 0 Å². The number of aliphatic imine (C=N–C) groups is 1. The Morgan fingerprint density at radius 3 is 2.00 bits per heavy atom. The normalized spacial score (nSPS) is 22.8. The second-order valence-electron chi connectivity index (χ2n) is 12.4. The smallest absolute Gasteiger partial charge is 0.428 e. The molecule has 2 aliphatic heterocycles. The minimum atomic E-state index is -4.99. The number of non-ortho nitro benzene ring substituents is 1. The molecule has 1 saturated heterocycles. The van der Waals surface area contributed by atoms with Crippen molar-refractivity contribution in [3.8, 4) is 5.75 Å². The van der Waals surface area contributed by atoms with Gasteiger partial charge in [0.2, 0.25) is 6.10 Å². The molecule has 0 N–H and O–H groups in total. The van der Waals surface area contributed by atoms with Gasteiger partial charge in [-0.1, -0.05) is 72.4 Å². The second-order valence-corrected chi connectivity index (χ2v) is 13.4. The molecule has 3 aromatic carbocycles. The van der Waals surface area contributed by atoms with Crippen LogP contribution in [0.3, 0.4) is 0 Å². The van der Waals surface area contributed by atoms with E-state index in [4.69, 9.17) is 28.7 Å². The molecule has 1 amide bonds. The number of alkyl halides is 3. The van der Waals surface area contributed by atoms with Crippen molar-refractivity contribution >= 4 is 28.7 Å². The number of fused-ring (bicyclic) bond motifs is 1. The van der Waals surface area contributed by atoms with E-state index in [1.807, 2.05) is 30.3 Å². The molecule has 1 fully saturated rings. The lowest BCUT2D eigenvalue weighted by Gasteiger charge is -2.45. The molecule has 3 aromatic rings. The van der Waals surface area contributed by atoms with Crippen LogP contribution in [-0.2, 0) is 32.2 Å². The van der Waals surface area contributed by atoms with Gasteiger partial charge < -0.3 is 23.7 Å². The Morgan fingerprint density at radius 2 is 1.49 bits per heavy atom. The zero-order valence-electron chi connectivity index (χ0n) is 27.1. The Morgan fingerprint density at radius 1 is 0.939 bits per heavy atom. The molecular weight excluding hydrogens is 667 g/mol. The van der Waals surface area contributed by atoms with Crippen LogP contribution in [-0.4, -0.2) is 75.8 Å². The van der Waals surface area contributed by atoms with Gasteiger partial charge in [0.1, 0.15) is 41.1 Å². The highest BCUT2D eigenvalue weighted by Crippen LogP contribution is 2.44. The highest BCUT2D eigenvalue weighted by atomic mass is 32.2. The molecule has 262 valence electrons. The third-order valence-corrected chi connectivity index (χ3v) is 8.70. The number of nitro benzene ring substituents is 1. The molecule has 11 nitrogen and oxygen atoms in total. The molecule has 0 spiro atoms. The van der Waals surface area contributed by atoms with E-state index in [0.717, 1.165) is 41.6 Å². The first-order chi connectivity index (χ1) is 23.2. The first kappa shape index (κ1) is 36.1. The Hall–Kier alpha value is -4.18. The van der Waals surface area contributed by atoms with Crippen molar-refractivity contribution < 1.29 is 46.6 Å². The Kier molecular flexibility index (Phi) is 11.2. The molecule has 2 aliphatic rings. The number of thioether (sulfide) groups is 1. The predicted molar refractivity (Wildman–Crippen MR) is 175 cm³/mol. The number of hydrogen-bond donors (Lipinski definition) is 0. The van der Waals surface area contributed by atoms with Crippen molar-refractivity contribution in [2.45, 2.75) is 81.7 Å². The largest absolute Gasteiger partial charge is 0.478 e. The fraction of sp³-hybridized carbons (Fsp3) is 0.412. The fourth-order valence-electron chi connectivity index (χ4n) is 5.19. The summed E-state index contributed by atoms with van der Waals surface area (Å²) in [7, 11) is 1.45. The zero-order valence-corrected chi connectivity index (χ0v) is 27.9. The molecule has 0 aromatic heterocycles. The molecule has 6 atom stereocenters. The van der Waals surface area contributed by atoms with Gasteiger partial charge in [-0.25, -0.2) is 4.79 Å². The van der Waals surface area contributed by atoms with E-state index in [1.165, 1.54) is 11.9 Å². The summed E-state index contributed by atoms with van der Waals surface area (Å²) in [6.45, 7) is 5.06. The highest BCUT2D eigenvalue weighted by Gasteiger charge is 2.60. The molecule has 2 heterocycles. The van der Waals surface area contributed by atoms with Crippen LogP contribution >= 0.6 is 11.8 Å². The minimum absolute atomic E-state index is 0.0178. The molecule has 0 aliphatic carbocycles. The van der Waals surface area contributed by atoms with Crippen molar-refractivity contribution in [1.29, 1.82) is 0 Å². The maximum Gasteiger partial charge on any atom is 0.428 e. The Balaban J connectivity index is 1.53. The van der Waals surface area contributed by atoms with Crippen LogP contribution in [0.2, 0.25) is 0 Å². The third-order valence-electron chi connectivity index (χ3n) is 7.49. The lowest BCUT2D eigenvalue weighted by molar-refractivity contribution is -0.384. The number of carbonyl (C=O) groups excluding carboxylic acids is 1. The van der Waals surface area contributed by atoms with Crippen LogP contribution in [0.5, 0.6) is 5.75 Å². The number of nitrogens with zero attached hydrogens (tertiary/aromatic N) is 3. The van der Waals surface area contributed by atoms with Crippen molar-refractivity contribution in [3.63, 3.8) is 0 Å². The number of amides is 1. The summed E-state index contributed by atoms with van der Waals surface area (Å²) in [6.07, 6.45) is -12.6. The monoisotopic (exact) mass is 703 g/mol. The Labute approximate surface area is 285 Å². The number of benzene rings is 3. The van der Waals surface area contributed by atoms with E-state index < -0.39 is 58.7 Å². The average Bonchev–Trinajstić information content (AvgIpc) is 3.48. The lowest BCUT2D eigenvalue weighted by atomic mass is 9.93. The van der Waals surface area contributed by atoms with Gasteiger partial charge in [-0.05, 0) is 44.0 Å². The van der Waals surface area contributed by atoms with Crippen molar-refractivity contribution in [1.82, 2.24) is 4.90 Å². The molecule has 15 heteroatoms. The number of carbonyl (C=O) groups is 1. The van der Waals surface area contributed by atoms with Crippen LogP contribution in [0.15, 0.2) is 89.9 Å². The van der Waals surface area contributed by atoms with Gasteiger partial charge in [0, 0.05) is 19.2 Å². The SMILES string of the molecule is CN(C(=O)OC(C)(C)C)C1=N[C@@H]2[C@@H](OCc3ccccc3)[C@H](OCc3ccccc3)[C@@H]([C@H](Oc3ccc([N+](=O)[O-])cc3)C(F)(F)F)O[C@@H]2S1. The number of amidine groups is 1. The van der Waals surface area contributed by atoms with E-state index in [1.54, 1.807) is 51.1 Å². The molecule has 0 unspecified atom stereocenters. The first-order valence-corrected chi connectivity index (χ1v) is 16.2.